The van der Waals surface area contributed by atoms with Crippen LogP contribution in [0.4, 0.5) is 0 Å². The lowest BCUT2D eigenvalue weighted by atomic mass is 10.2. The molecule has 3 N–H and O–H groups in total. The minimum Gasteiger partial charge on any atom is -0.469 e. The van der Waals surface area contributed by atoms with E-state index in [1.165, 1.54) is 7.11 Å². The van der Waals surface area contributed by atoms with Gasteiger partial charge in [-0.1, -0.05) is 0 Å². The summed E-state index contributed by atoms with van der Waals surface area (Å²) in [6, 6.07) is -0.488. The number of carbonyl (C=O) groups is 1. The van der Waals surface area contributed by atoms with Gasteiger partial charge in [-0.2, -0.15) is 0 Å². The van der Waals surface area contributed by atoms with E-state index in [1.54, 1.807) is 0 Å². The molecule has 0 amide bonds. The Labute approximate surface area is 65.8 Å². The molecular formula is C5H12ClNO3. The third-order valence-electron chi connectivity index (χ3n) is 0.891. The number of carbonyl (C=O) groups excluding carboxylic acids is 1. The van der Waals surface area contributed by atoms with E-state index < -0.39 is 12.0 Å². The van der Waals surface area contributed by atoms with Crippen molar-refractivity contribution in [3.8, 4) is 0 Å². The van der Waals surface area contributed by atoms with E-state index in [2.05, 4.69) is 4.74 Å². The zero-order valence-corrected chi connectivity index (χ0v) is 6.56. The number of aliphatic hydroxyl groups excluding tert-OH is 1. The molecule has 0 saturated heterocycles. The van der Waals surface area contributed by atoms with E-state index in [4.69, 9.17) is 10.8 Å². The van der Waals surface area contributed by atoms with Gasteiger partial charge in [-0.25, -0.2) is 0 Å². The minimum atomic E-state index is -0.488. The molecule has 0 aliphatic carbocycles. The molecule has 0 aromatic carbocycles. The Morgan fingerprint density at radius 1 is 1.80 bits per heavy atom. The largest absolute Gasteiger partial charge is 0.469 e. The normalized spacial score (nSPS) is 11.5. The van der Waals surface area contributed by atoms with Crippen LogP contribution in [0, 0.1) is 0 Å². The van der Waals surface area contributed by atoms with Crippen LogP contribution in [0.1, 0.15) is 6.42 Å². The van der Waals surface area contributed by atoms with Crippen LogP contribution in [0.25, 0.3) is 0 Å². The van der Waals surface area contributed by atoms with Gasteiger partial charge in [0, 0.05) is 6.04 Å². The van der Waals surface area contributed by atoms with E-state index >= 15 is 0 Å². The van der Waals surface area contributed by atoms with Crippen LogP contribution in [0.2, 0.25) is 0 Å². The van der Waals surface area contributed by atoms with Crippen LogP contribution in [-0.4, -0.2) is 30.8 Å². The molecule has 0 rings (SSSR count). The number of rotatable bonds is 3. The van der Waals surface area contributed by atoms with Gasteiger partial charge < -0.3 is 15.6 Å². The molecule has 4 nitrogen and oxygen atoms in total. The topological polar surface area (TPSA) is 72.5 Å². The summed E-state index contributed by atoms with van der Waals surface area (Å²) in [7, 11) is 1.28. The predicted octanol–water partition coefficient (Wildman–Crippen LogP) is -0.709. The molecule has 0 aromatic heterocycles. The number of hydrogen-bond acceptors (Lipinski definition) is 4. The number of hydrogen-bond donors (Lipinski definition) is 2. The average molecular weight is 170 g/mol. The highest BCUT2D eigenvalue weighted by Gasteiger charge is 2.06. The van der Waals surface area contributed by atoms with E-state index in [-0.39, 0.29) is 25.4 Å². The standard InChI is InChI=1S/C5H11NO3.ClH/c1-9-5(8)2-4(6)3-7;/h4,7H,2-3,6H2,1H3;1H. The molecule has 0 aromatic rings. The van der Waals surface area contributed by atoms with Gasteiger partial charge in [-0.15, -0.1) is 12.4 Å². The highest BCUT2D eigenvalue weighted by molar-refractivity contribution is 5.85. The Bertz CT molecular complexity index is 98.9. The zero-order valence-electron chi connectivity index (χ0n) is 5.74. The second kappa shape index (κ2) is 6.80. The first-order valence-corrected chi connectivity index (χ1v) is 2.64. The van der Waals surface area contributed by atoms with E-state index in [1.807, 2.05) is 0 Å². The third-order valence-corrected chi connectivity index (χ3v) is 0.891. The first kappa shape index (κ1) is 12.4. The van der Waals surface area contributed by atoms with E-state index in [0.717, 1.165) is 0 Å². The molecule has 0 aliphatic rings. The maximum absolute atomic E-state index is 10.4. The summed E-state index contributed by atoms with van der Waals surface area (Å²) in [5.74, 6) is -0.392. The zero-order chi connectivity index (χ0) is 7.28. The van der Waals surface area contributed by atoms with E-state index in [9.17, 15) is 4.79 Å². The van der Waals surface area contributed by atoms with Crippen molar-refractivity contribution >= 4 is 18.4 Å². The molecule has 1 unspecified atom stereocenters. The second-order valence-electron chi connectivity index (χ2n) is 1.72. The average Bonchev–Trinajstić information content (AvgIpc) is 1.87. The lowest BCUT2D eigenvalue weighted by Gasteiger charge is -2.03. The van der Waals surface area contributed by atoms with Gasteiger partial charge in [-0.05, 0) is 0 Å². The van der Waals surface area contributed by atoms with Crippen molar-refractivity contribution in [3.05, 3.63) is 0 Å². The van der Waals surface area contributed by atoms with Gasteiger partial charge in [0.2, 0.25) is 0 Å². The molecule has 1 atom stereocenters. The van der Waals surface area contributed by atoms with Crippen LogP contribution in [0.5, 0.6) is 0 Å². The van der Waals surface area contributed by atoms with Gasteiger partial charge in [0.25, 0.3) is 0 Å². The molecule has 0 saturated carbocycles. The lowest BCUT2D eigenvalue weighted by Crippen LogP contribution is -2.27. The van der Waals surface area contributed by atoms with Crippen LogP contribution >= 0.6 is 12.4 Å². The fourth-order valence-electron chi connectivity index (χ4n) is 0.362. The fourth-order valence-corrected chi connectivity index (χ4v) is 0.362. The van der Waals surface area contributed by atoms with Crippen LogP contribution in [0.3, 0.4) is 0 Å². The summed E-state index contributed by atoms with van der Waals surface area (Å²) >= 11 is 0. The Morgan fingerprint density at radius 3 is 2.60 bits per heavy atom. The van der Waals surface area contributed by atoms with Gasteiger partial charge in [0.15, 0.2) is 0 Å². The van der Waals surface area contributed by atoms with Gasteiger partial charge in [-0.3, -0.25) is 4.79 Å². The van der Waals surface area contributed by atoms with Crippen LogP contribution < -0.4 is 5.73 Å². The van der Waals surface area contributed by atoms with Crippen molar-refractivity contribution in [2.45, 2.75) is 12.5 Å². The summed E-state index contributed by atoms with van der Waals surface area (Å²) in [6.07, 6.45) is 0.0764. The smallest absolute Gasteiger partial charge is 0.307 e. The van der Waals surface area contributed by atoms with Crippen molar-refractivity contribution in [3.63, 3.8) is 0 Å². The Balaban J connectivity index is 0. The molecular weight excluding hydrogens is 158 g/mol. The van der Waals surface area contributed by atoms with Gasteiger partial charge in [0.05, 0.1) is 20.1 Å². The van der Waals surface area contributed by atoms with E-state index in [0.29, 0.717) is 0 Å². The number of methoxy groups -OCH3 is 1. The summed E-state index contributed by atoms with van der Waals surface area (Å²) < 4.78 is 4.29. The Morgan fingerprint density at radius 2 is 2.30 bits per heavy atom. The third kappa shape index (κ3) is 5.81. The van der Waals surface area contributed by atoms with Crippen molar-refractivity contribution in [1.29, 1.82) is 0 Å². The number of halogens is 1. The molecule has 0 spiro atoms. The first-order valence-electron chi connectivity index (χ1n) is 2.64. The van der Waals surface area contributed by atoms with Crippen molar-refractivity contribution < 1.29 is 14.6 Å². The fraction of sp³-hybridized carbons (Fsp3) is 0.800. The van der Waals surface area contributed by atoms with Crippen LogP contribution in [-0.2, 0) is 9.53 Å². The quantitative estimate of drug-likeness (QED) is 0.548. The molecule has 0 bridgehead atoms. The molecule has 62 valence electrons. The van der Waals surface area contributed by atoms with Crippen molar-refractivity contribution in [1.82, 2.24) is 0 Å². The van der Waals surface area contributed by atoms with Gasteiger partial charge >= 0.3 is 5.97 Å². The van der Waals surface area contributed by atoms with Crippen molar-refractivity contribution in [2.24, 2.45) is 5.73 Å². The summed E-state index contributed by atoms with van der Waals surface area (Å²) in [5, 5.41) is 8.35. The monoisotopic (exact) mass is 169 g/mol. The number of aliphatic hydroxyl groups is 1. The van der Waals surface area contributed by atoms with Crippen molar-refractivity contribution in [2.75, 3.05) is 13.7 Å². The maximum atomic E-state index is 10.4. The summed E-state index contributed by atoms with van der Waals surface area (Å²) in [5.41, 5.74) is 5.20. The second-order valence-corrected chi connectivity index (χ2v) is 1.72. The Hall–Kier alpha value is -0.320. The molecule has 0 heterocycles. The molecule has 0 radical (unpaired) electrons. The lowest BCUT2D eigenvalue weighted by molar-refractivity contribution is -0.141. The molecule has 0 fully saturated rings. The first-order chi connectivity index (χ1) is 4.20. The highest BCUT2D eigenvalue weighted by Crippen LogP contribution is 1.87. The summed E-state index contributed by atoms with van der Waals surface area (Å²) in [6.45, 7) is -0.185. The SMILES string of the molecule is COC(=O)CC(N)CO.Cl. The number of esters is 1. The molecule has 5 heteroatoms. The minimum absolute atomic E-state index is 0. The van der Waals surface area contributed by atoms with Gasteiger partial charge in [0.1, 0.15) is 0 Å². The summed E-state index contributed by atoms with van der Waals surface area (Å²) in [4.78, 5) is 10.4. The molecule has 0 aliphatic heterocycles. The maximum Gasteiger partial charge on any atom is 0.307 e. The number of ether oxygens (including phenoxy) is 1. The predicted molar refractivity (Wildman–Crippen MR) is 38.9 cm³/mol. The van der Waals surface area contributed by atoms with Crippen LogP contribution in [0.15, 0.2) is 0 Å². The Kier molecular flexibility index (Phi) is 8.40. The molecule has 10 heavy (non-hydrogen) atoms. The highest BCUT2D eigenvalue weighted by atomic mass is 35.5. The number of nitrogens with two attached hydrogens (primary N) is 1.